The zero-order valence-corrected chi connectivity index (χ0v) is 20.8. The van der Waals surface area contributed by atoms with Crippen LogP contribution in [-0.2, 0) is 39.0 Å². The summed E-state index contributed by atoms with van der Waals surface area (Å²) in [6.07, 6.45) is 1.98. The molecule has 5 aromatic rings. The highest BCUT2D eigenvalue weighted by molar-refractivity contribution is 5.97. The summed E-state index contributed by atoms with van der Waals surface area (Å²) in [5.74, 6) is 1.72. The fourth-order valence-electron chi connectivity index (χ4n) is 6.47. The third-order valence-corrected chi connectivity index (χ3v) is 8.46. The molecule has 0 spiro atoms. The second-order valence-electron chi connectivity index (χ2n) is 10.8. The second kappa shape index (κ2) is 8.17. The normalized spacial score (nSPS) is 16.9. The summed E-state index contributed by atoms with van der Waals surface area (Å²) in [6.45, 7) is 6.33. The molecule has 8 rings (SSSR count). The van der Waals surface area contributed by atoms with Crippen molar-refractivity contribution < 1.29 is 9.47 Å². The van der Waals surface area contributed by atoms with Crippen molar-refractivity contribution in [3.63, 3.8) is 0 Å². The Hall–Kier alpha value is -3.67. The van der Waals surface area contributed by atoms with Crippen molar-refractivity contribution in [2.45, 2.75) is 39.0 Å². The maximum absolute atomic E-state index is 11.7. The van der Waals surface area contributed by atoms with Gasteiger partial charge in [0.25, 0.3) is 0 Å². The van der Waals surface area contributed by atoms with Crippen molar-refractivity contribution in [3.05, 3.63) is 104 Å². The van der Waals surface area contributed by atoms with Gasteiger partial charge in [-0.3, -0.25) is 14.6 Å². The molecule has 0 fully saturated rings. The highest BCUT2D eigenvalue weighted by Crippen LogP contribution is 2.38. The van der Waals surface area contributed by atoms with Gasteiger partial charge in [-0.2, -0.15) is 0 Å². The zero-order valence-electron chi connectivity index (χ0n) is 20.8. The Balaban J connectivity index is 0.980. The van der Waals surface area contributed by atoms with E-state index < -0.39 is 0 Å². The minimum Gasteiger partial charge on any atom is -0.454 e. The molecular formula is C32H28N2O3. The van der Waals surface area contributed by atoms with Gasteiger partial charge in [0.15, 0.2) is 16.9 Å². The topological polar surface area (TPSA) is 42.0 Å². The van der Waals surface area contributed by atoms with Gasteiger partial charge in [0.2, 0.25) is 6.79 Å². The summed E-state index contributed by atoms with van der Waals surface area (Å²) in [4.78, 5) is 16.8. The largest absolute Gasteiger partial charge is 0.454 e. The van der Waals surface area contributed by atoms with Crippen molar-refractivity contribution in [3.8, 4) is 11.5 Å². The van der Waals surface area contributed by atoms with Gasteiger partial charge in [-0.05, 0) is 75.2 Å². The van der Waals surface area contributed by atoms with Crippen molar-refractivity contribution >= 4 is 21.5 Å². The average molecular weight is 489 g/mol. The highest BCUT2D eigenvalue weighted by atomic mass is 16.7. The number of benzene rings is 4. The molecule has 0 bridgehead atoms. The van der Waals surface area contributed by atoms with E-state index >= 15 is 0 Å². The van der Waals surface area contributed by atoms with Crippen molar-refractivity contribution in [1.29, 1.82) is 0 Å². The highest BCUT2D eigenvalue weighted by Gasteiger charge is 2.25. The molecule has 0 N–H and O–H groups in total. The average Bonchev–Trinajstić information content (AvgIpc) is 3.33. The van der Waals surface area contributed by atoms with Crippen LogP contribution in [0.25, 0.3) is 21.5 Å². The molecule has 0 amide bonds. The molecule has 0 saturated carbocycles. The summed E-state index contributed by atoms with van der Waals surface area (Å²) in [5.41, 5.74) is 8.59. The SMILES string of the molecule is O=c1c2ccc(CCN3Cc4ccc5c6c(ccc(c46)C3)CN(CCc3ccc4c(c3)OCO4)C5)cc12. The monoisotopic (exact) mass is 488 g/mol. The van der Waals surface area contributed by atoms with Gasteiger partial charge in [0, 0.05) is 50.0 Å². The summed E-state index contributed by atoms with van der Waals surface area (Å²) in [5, 5.41) is 4.82. The predicted molar refractivity (Wildman–Crippen MR) is 145 cm³/mol. The molecule has 0 aromatic heterocycles. The van der Waals surface area contributed by atoms with Gasteiger partial charge in [0.1, 0.15) is 0 Å². The van der Waals surface area contributed by atoms with E-state index in [1.54, 1.807) is 0 Å². The number of hydrogen-bond donors (Lipinski definition) is 0. The summed E-state index contributed by atoms with van der Waals surface area (Å²) >= 11 is 0. The van der Waals surface area contributed by atoms with E-state index in [0.29, 0.717) is 6.79 Å². The maximum Gasteiger partial charge on any atom is 0.231 e. The third-order valence-electron chi connectivity index (χ3n) is 8.46. The van der Waals surface area contributed by atoms with Crippen LogP contribution >= 0.6 is 0 Å². The number of hydrogen-bond acceptors (Lipinski definition) is 5. The first-order valence-electron chi connectivity index (χ1n) is 13.3. The van der Waals surface area contributed by atoms with Gasteiger partial charge in [-0.15, -0.1) is 0 Å². The Labute approximate surface area is 215 Å². The van der Waals surface area contributed by atoms with Crippen LogP contribution in [-0.4, -0.2) is 29.7 Å². The number of nitrogens with zero attached hydrogens (tertiary/aromatic N) is 2. The van der Waals surface area contributed by atoms with Crippen LogP contribution in [0.5, 0.6) is 11.5 Å². The van der Waals surface area contributed by atoms with Crippen LogP contribution in [0.4, 0.5) is 0 Å². The first-order chi connectivity index (χ1) is 18.2. The third kappa shape index (κ3) is 3.64. The van der Waals surface area contributed by atoms with Crippen molar-refractivity contribution in [1.82, 2.24) is 9.80 Å². The smallest absolute Gasteiger partial charge is 0.231 e. The lowest BCUT2D eigenvalue weighted by Crippen LogP contribution is -2.31. The van der Waals surface area contributed by atoms with Crippen molar-refractivity contribution in [2.24, 2.45) is 0 Å². The lowest BCUT2D eigenvalue weighted by atomic mass is 9.87. The van der Waals surface area contributed by atoms with E-state index in [9.17, 15) is 4.79 Å². The minimum absolute atomic E-state index is 0.226. The van der Waals surface area contributed by atoms with Crippen LogP contribution in [0, 0.1) is 0 Å². The Morgan fingerprint density at radius 2 is 1.14 bits per heavy atom. The van der Waals surface area contributed by atoms with E-state index in [1.807, 2.05) is 12.1 Å². The van der Waals surface area contributed by atoms with Gasteiger partial charge in [-0.1, -0.05) is 42.5 Å². The van der Waals surface area contributed by atoms with E-state index in [0.717, 1.165) is 74.4 Å². The molecule has 0 atom stereocenters. The summed E-state index contributed by atoms with van der Waals surface area (Å²) < 4.78 is 11.0. The molecule has 3 heterocycles. The first-order valence-corrected chi connectivity index (χ1v) is 13.3. The quantitative estimate of drug-likeness (QED) is 0.334. The first kappa shape index (κ1) is 21.4. The molecule has 0 radical (unpaired) electrons. The molecule has 3 aliphatic heterocycles. The number of rotatable bonds is 6. The molecule has 5 nitrogen and oxygen atoms in total. The van der Waals surface area contributed by atoms with Gasteiger partial charge < -0.3 is 9.47 Å². The molecule has 37 heavy (non-hydrogen) atoms. The fraction of sp³-hybridized carbons (Fsp3) is 0.281. The molecular weight excluding hydrogens is 460 g/mol. The second-order valence-corrected chi connectivity index (χ2v) is 10.8. The summed E-state index contributed by atoms with van der Waals surface area (Å²) in [6, 6.07) is 21.9. The number of fused-ring (bicyclic) bond motifs is 2. The van der Waals surface area contributed by atoms with Crippen LogP contribution < -0.4 is 14.9 Å². The minimum atomic E-state index is 0.226. The predicted octanol–water partition coefficient (Wildman–Crippen LogP) is 5.07. The van der Waals surface area contributed by atoms with Crippen LogP contribution in [0.15, 0.2) is 65.5 Å². The number of ether oxygens (including phenoxy) is 2. The van der Waals surface area contributed by atoms with E-state index in [2.05, 4.69) is 58.3 Å². The fourth-order valence-corrected chi connectivity index (χ4v) is 6.47. The Morgan fingerprint density at radius 1 is 0.595 bits per heavy atom. The lowest BCUT2D eigenvalue weighted by Gasteiger charge is -2.34. The lowest BCUT2D eigenvalue weighted by molar-refractivity contribution is 0.174. The van der Waals surface area contributed by atoms with E-state index in [-0.39, 0.29) is 5.43 Å². The molecule has 5 heteroatoms. The Morgan fingerprint density at radius 3 is 1.73 bits per heavy atom. The maximum atomic E-state index is 11.7. The Kier molecular flexibility index (Phi) is 4.73. The molecule has 3 aliphatic rings. The van der Waals surface area contributed by atoms with Gasteiger partial charge in [0.05, 0.1) is 0 Å². The van der Waals surface area contributed by atoms with Gasteiger partial charge in [-0.25, -0.2) is 0 Å². The summed E-state index contributed by atoms with van der Waals surface area (Å²) in [7, 11) is 0. The molecule has 5 aromatic carbocycles. The molecule has 0 saturated heterocycles. The molecule has 0 unspecified atom stereocenters. The van der Waals surface area contributed by atoms with Crippen LogP contribution in [0.2, 0.25) is 0 Å². The van der Waals surface area contributed by atoms with Gasteiger partial charge >= 0.3 is 0 Å². The van der Waals surface area contributed by atoms with Crippen LogP contribution in [0.1, 0.15) is 33.4 Å². The van der Waals surface area contributed by atoms with E-state index in [4.69, 9.17) is 9.47 Å². The molecule has 184 valence electrons. The van der Waals surface area contributed by atoms with E-state index in [1.165, 1.54) is 44.2 Å². The standard InChI is InChI=1S/C32H28N2O3/c35-32-26-7-1-20(13-27(26)32)9-11-33-15-22-3-5-24-17-34(18-25-6-4-23(16-33)30(22)31(24)25)12-10-21-2-8-28-29(14-21)37-19-36-28/h1-8,13-14H,9-12,15-19H2. The van der Waals surface area contributed by atoms with Crippen LogP contribution in [0.3, 0.4) is 0 Å². The Bertz CT molecular complexity index is 1660. The van der Waals surface area contributed by atoms with Crippen molar-refractivity contribution in [2.75, 3.05) is 19.9 Å². The molecule has 0 aliphatic carbocycles. The zero-order chi connectivity index (χ0) is 24.5.